The van der Waals surface area contributed by atoms with Gasteiger partial charge in [0, 0.05) is 22.8 Å². The molecule has 2 aromatic carbocycles. The smallest absolute Gasteiger partial charge is 0.319 e. The van der Waals surface area contributed by atoms with E-state index in [1.54, 1.807) is 30.3 Å². The van der Waals surface area contributed by atoms with Crippen molar-refractivity contribution in [2.45, 2.75) is 4.90 Å². The Morgan fingerprint density at radius 2 is 1.68 bits per heavy atom. The van der Waals surface area contributed by atoms with Crippen LogP contribution in [0.1, 0.15) is 0 Å². The van der Waals surface area contributed by atoms with Gasteiger partial charge >= 0.3 is 6.03 Å². The van der Waals surface area contributed by atoms with Gasteiger partial charge < -0.3 is 25.4 Å². The van der Waals surface area contributed by atoms with Crippen molar-refractivity contribution in [3.63, 3.8) is 0 Å². The Balaban J connectivity index is 1.47. The van der Waals surface area contributed by atoms with E-state index >= 15 is 0 Å². The van der Waals surface area contributed by atoms with E-state index in [0.717, 1.165) is 10.6 Å². The zero-order valence-electron chi connectivity index (χ0n) is 15.2. The predicted octanol–water partition coefficient (Wildman–Crippen LogP) is 3.50. The van der Waals surface area contributed by atoms with Gasteiger partial charge in [-0.05, 0) is 42.5 Å². The normalized spacial score (nSPS) is 12.0. The van der Waals surface area contributed by atoms with Crippen molar-refractivity contribution in [2.24, 2.45) is 0 Å². The topological polar surface area (TPSA) is 88.7 Å². The van der Waals surface area contributed by atoms with Gasteiger partial charge in [0.15, 0.2) is 11.5 Å². The molecule has 0 atom stereocenters. The molecular weight excluding hydrogens is 378 g/mol. The van der Waals surface area contributed by atoms with Crippen molar-refractivity contribution in [1.29, 1.82) is 0 Å². The number of nitrogens with one attached hydrogen (secondary N) is 3. The maximum Gasteiger partial charge on any atom is 0.319 e. The van der Waals surface area contributed by atoms with E-state index in [-0.39, 0.29) is 17.7 Å². The second-order valence-electron chi connectivity index (χ2n) is 5.84. The molecule has 0 saturated heterocycles. The predicted molar refractivity (Wildman–Crippen MR) is 110 cm³/mol. The molecule has 3 N–H and O–H groups in total. The van der Waals surface area contributed by atoms with Crippen molar-refractivity contribution in [3.05, 3.63) is 55.1 Å². The van der Waals surface area contributed by atoms with E-state index in [0.29, 0.717) is 36.9 Å². The van der Waals surface area contributed by atoms with Crippen LogP contribution in [-0.2, 0) is 4.79 Å². The highest BCUT2D eigenvalue weighted by Crippen LogP contribution is 2.34. The van der Waals surface area contributed by atoms with Crippen molar-refractivity contribution in [1.82, 2.24) is 5.32 Å². The average Bonchev–Trinajstić information content (AvgIpc) is 2.72. The van der Waals surface area contributed by atoms with Gasteiger partial charge in [-0.25, -0.2) is 4.79 Å². The number of benzene rings is 2. The molecule has 0 spiro atoms. The highest BCUT2D eigenvalue weighted by Gasteiger charge is 2.12. The molecule has 8 heteroatoms. The van der Waals surface area contributed by atoms with E-state index in [1.165, 1.54) is 11.8 Å². The van der Waals surface area contributed by atoms with Crippen molar-refractivity contribution in [2.75, 3.05) is 36.1 Å². The Morgan fingerprint density at radius 1 is 1.00 bits per heavy atom. The largest absolute Gasteiger partial charge is 0.486 e. The van der Waals surface area contributed by atoms with Crippen LogP contribution >= 0.6 is 11.8 Å². The number of carbonyl (C=O) groups excluding carboxylic acids is 2. The third-order valence-corrected chi connectivity index (χ3v) is 4.71. The summed E-state index contributed by atoms with van der Waals surface area (Å²) in [5, 5.41) is 8.15. The molecule has 0 fully saturated rings. The Hall–Kier alpha value is -3.13. The third kappa shape index (κ3) is 5.68. The van der Waals surface area contributed by atoms with Crippen LogP contribution in [0.4, 0.5) is 16.2 Å². The first-order valence-corrected chi connectivity index (χ1v) is 9.71. The fourth-order valence-corrected chi connectivity index (χ4v) is 3.16. The van der Waals surface area contributed by atoms with Gasteiger partial charge in [0.25, 0.3) is 0 Å². The minimum atomic E-state index is -0.312. The van der Waals surface area contributed by atoms with Crippen LogP contribution in [0.3, 0.4) is 0 Å². The number of thioether (sulfide) groups is 1. The van der Waals surface area contributed by atoms with Gasteiger partial charge in [-0.2, -0.15) is 0 Å². The molecule has 3 amide bonds. The third-order valence-electron chi connectivity index (χ3n) is 3.72. The number of urea groups is 1. The maximum atomic E-state index is 12.2. The van der Waals surface area contributed by atoms with Gasteiger partial charge in [-0.1, -0.05) is 6.08 Å². The summed E-state index contributed by atoms with van der Waals surface area (Å²) >= 11 is 1.42. The highest BCUT2D eigenvalue weighted by molar-refractivity contribution is 8.00. The molecule has 7 nitrogen and oxygen atoms in total. The average molecular weight is 399 g/mol. The molecule has 0 aliphatic carbocycles. The van der Waals surface area contributed by atoms with E-state index in [4.69, 9.17) is 9.47 Å². The highest BCUT2D eigenvalue weighted by atomic mass is 32.2. The summed E-state index contributed by atoms with van der Waals surface area (Å²) in [5.74, 6) is 1.58. The summed E-state index contributed by atoms with van der Waals surface area (Å²) < 4.78 is 11.0. The van der Waals surface area contributed by atoms with Gasteiger partial charge in [0.2, 0.25) is 5.91 Å². The summed E-state index contributed by atoms with van der Waals surface area (Å²) in [7, 11) is 0. The maximum absolute atomic E-state index is 12.2. The number of ether oxygens (including phenoxy) is 2. The van der Waals surface area contributed by atoms with Crippen molar-refractivity contribution < 1.29 is 19.1 Å². The monoisotopic (exact) mass is 399 g/mol. The van der Waals surface area contributed by atoms with E-state index in [9.17, 15) is 9.59 Å². The molecule has 1 aliphatic rings. The SMILES string of the molecule is C=CCNC(=O)Nc1ccc(NC(=O)CSc2ccc3c(c2)OCCO3)cc1. The van der Waals surface area contributed by atoms with E-state index in [1.807, 2.05) is 18.2 Å². The van der Waals surface area contributed by atoms with Gasteiger partial charge in [-0.3, -0.25) is 4.79 Å². The number of fused-ring (bicyclic) bond motifs is 1. The first kappa shape index (κ1) is 19.6. The summed E-state index contributed by atoms with van der Waals surface area (Å²) in [6, 6.07) is 12.2. The van der Waals surface area contributed by atoms with Crippen LogP contribution in [0.15, 0.2) is 60.0 Å². The van der Waals surface area contributed by atoms with E-state index < -0.39 is 0 Å². The molecule has 146 valence electrons. The number of hydrogen-bond acceptors (Lipinski definition) is 5. The first-order chi connectivity index (χ1) is 13.6. The molecule has 3 rings (SSSR count). The minimum absolute atomic E-state index is 0.121. The summed E-state index contributed by atoms with van der Waals surface area (Å²) in [6.45, 7) is 5.01. The van der Waals surface area contributed by atoms with Crippen LogP contribution in [-0.4, -0.2) is 37.4 Å². The zero-order valence-corrected chi connectivity index (χ0v) is 16.0. The quantitative estimate of drug-likeness (QED) is 0.490. The van der Waals surface area contributed by atoms with Gasteiger partial charge in [-0.15, -0.1) is 18.3 Å². The number of hydrogen-bond donors (Lipinski definition) is 3. The summed E-state index contributed by atoms with van der Waals surface area (Å²) in [4.78, 5) is 24.7. The lowest BCUT2D eigenvalue weighted by Gasteiger charge is -2.18. The van der Waals surface area contributed by atoms with Gasteiger partial charge in [0.1, 0.15) is 13.2 Å². The molecule has 1 heterocycles. The molecular formula is C20H21N3O4S. The lowest BCUT2D eigenvalue weighted by atomic mass is 10.3. The fraction of sp³-hybridized carbons (Fsp3) is 0.200. The summed E-state index contributed by atoms with van der Waals surface area (Å²) in [6.07, 6.45) is 1.60. The molecule has 0 saturated carbocycles. The zero-order chi connectivity index (χ0) is 19.8. The number of amides is 3. The Kier molecular flexibility index (Phi) is 6.80. The lowest BCUT2D eigenvalue weighted by molar-refractivity contribution is -0.113. The molecule has 0 radical (unpaired) electrons. The van der Waals surface area contributed by atoms with Gasteiger partial charge in [0.05, 0.1) is 5.75 Å². The number of carbonyl (C=O) groups is 2. The van der Waals surface area contributed by atoms with E-state index in [2.05, 4.69) is 22.5 Å². The molecule has 28 heavy (non-hydrogen) atoms. The molecule has 0 unspecified atom stereocenters. The van der Waals surface area contributed by atoms with Crippen molar-refractivity contribution in [3.8, 4) is 11.5 Å². The van der Waals surface area contributed by atoms with Crippen molar-refractivity contribution >= 4 is 35.1 Å². The van der Waals surface area contributed by atoms with Crippen LogP contribution in [0.2, 0.25) is 0 Å². The summed E-state index contributed by atoms with van der Waals surface area (Å²) in [5.41, 5.74) is 1.29. The Bertz CT molecular complexity index is 855. The number of rotatable bonds is 7. The molecule has 0 bridgehead atoms. The second kappa shape index (κ2) is 9.70. The lowest BCUT2D eigenvalue weighted by Crippen LogP contribution is -2.28. The van der Waals surface area contributed by atoms with Crippen LogP contribution in [0.25, 0.3) is 0 Å². The first-order valence-electron chi connectivity index (χ1n) is 8.72. The second-order valence-corrected chi connectivity index (χ2v) is 6.89. The molecule has 0 aromatic heterocycles. The van der Waals surface area contributed by atoms with Crippen LogP contribution < -0.4 is 25.4 Å². The molecule has 2 aromatic rings. The number of anilines is 2. The standard InChI is InChI=1S/C20H21N3O4S/c1-2-9-21-20(25)23-15-5-3-14(4-6-15)22-19(24)13-28-16-7-8-17-18(12-16)27-11-10-26-17/h2-8,12H,1,9-11,13H2,(H,22,24)(H2,21,23,25). The molecule has 1 aliphatic heterocycles. The Morgan fingerprint density at radius 3 is 2.39 bits per heavy atom. The Labute approximate surface area is 167 Å². The van der Waals surface area contributed by atoms with Crippen LogP contribution in [0.5, 0.6) is 11.5 Å². The minimum Gasteiger partial charge on any atom is -0.486 e. The fourth-order valence-electron chi connectivity index (χ4n) is 2.44. The van der Waals surface area contributed by atoms with Crippen LogP contribution in [0, 0.1) is 0 Å².